The first-order chi connectivity index (χ1) is 17.0. The van der Waals surface area contributed by atoms with Crippen LogP contribution in [-0.2, 0) is 9.53 Å². The quantitative estimate of drug-likeness (QED) is 0.369. The lowest BCUT2D eigenvalue weighted by molar-refractivity contribution is -0.134. The van der Waals surface area contributed by atoms with Gasteiger partial charge in [0.05, 0.1) is 11.1 Å². The number of piperazine rings is 1. The Morgan fingerprint density at radius 2 is 1.74 bits per heavy atom. The van der Waals surface area contributed by atoms with Crippen LogP contribution in [0.2, 0.25) is 5.02 Å². The van der Waals surface area contributed by atoms with Gasteiger partial charge < -0.3 is 19.0 Å². The van der Waals surface area contributed by atoms with Gasteiger partial charge in [0.2, 0.25) is 5.89 Å². The zero-order valence-corrected chi connectivity index (χ0v) is 20.0. The van der Waals surface area contributed by atoms with E-state index < -0.39 is 5.97 Å². The second-order valence-corrected chi connectivity index (χ2v) is 8.84. The van der Waals surface area contributed by atoms with E-state index in [0.29, 0.717) is 59.3 Å². The largest absolute Gasteiger partial charge is 0.452 e. The fourth-order valence-electron chi connectivity index (χ4n) is 4.25. The van der Waals surface area contributed by atoms with Gasteiger partial charge in [-0.2, -0.15) is 0 Å². The molecule has 0 aliphatic carbocycles. The van der Waals surface area contributed by atoms with Crippen molar-refractivity contribution in [2.45, 2.75) is 6.92 Å². The van der Waals surface area contributed by atoms with Crippen molar-refractivity contribution in [1.29, 1.82) is 0 Å². The molecule has 0 spiro atoms. The number of rotatable bonds is 5. The molecule has 35 heavy (non-hydrogen) atoms. The highest BCUT2D eigenvalue weighted by molar-refractivity contribution is 6.30. The molecule has 178 valence electrons. The highest BCUT2D eigenvalue weighted by Gasteiger charge is 2.24. The molecule has 1 aromatic heterocycles. The summed E-state index contributed by atoms with van der Waals surface area (Å²) in [7, 11) is 0. The van der Waals surface area contributed by atoms with E-state index in [0.717, 1.165) is 11.3 Å². The number of hydrogen-bond acceptors (Lipinski definition) is 6. The molecule has 0 N–H and O–H groups in total. The van der Waals surface area contributed by atoms with Crippen molar-refractivity contribution in [2.24, 2.45) is 0 Å². The molecule has 8 heteroatoms. The first-order valence-electron chi connectivity index (χ1n) is 11.4. The zero-order valence-electron chi connectivity index (χ0n) is 19.2. The summed E-state index contributed by atoms with van der Waals surface area (Å²) < 4.78 is 11.2. The molecule has 0 bridgehead atoms. The Kier molecular flexibility index (Phi) is 6.42. The molecule has 4 aromatic rings. The SMILES string of the molecule is Cc1ccc(Cl)cc1N1CCN(C(=O)COC(=O)c2ccccc2-c2nc3ccccc3o2)CC1. The van der Waals surface area contributed by atoms with Gasteiger partial charge in [-0.3, -0.25) is 4.79 Å². The number of halogens is 1. The molecule has 1 amide bonds. The van der Waals surface area contributed by atoms with Gasteiger partial charge in [0.25, 0.3) is 5.91 Å². The first kappa shape index (κ1) is 22.9. The molecule has 5 rings (SSSR count). The van der Waals surface area contributed by atoms with Crippen LogP contribution in [0, 0.1) is 6.92 Å². The van der Waals surface area contributed by atoms with E-state index in [4.69, 9.17) is 20.8 Å². The van der Waals surface area contributed by atoms with Crippen LogP contribution in [0.15, 0.2) is 71.1 Å². The van der Waals surface area contributed by atoms with Crippen LogP contribution in [0.25, 0.3) is 22.6 Å². The molecule has 1 fully saturated rings. The van der Waals surface area contributed by atoms with Crippen molar-refractivity contribution in [3.05, 3.63) is 82.9 Å². The Labute approximate surface area is 207 Å². The number of benzene rings is 3. The van der Waals surface area contributed by atoms with Gasteiger partial charge in [-0.05, 0) is 48.9 Å². The number of aromatic nitrogens is 1. The predicted molar refractivity (Wildman–Crippen MR) is 135 cm³/mol. The van der Waals surface area contributed by atoms with E-state index in [9.17, 15) is 9.59 Å². The molecule has 0 saturated carbocycles. The minimum absolute atomic E-state index is 0.222. The van der Waals surface area contributed by atoms with Crippen LogP contribution in [0.5, 0.6) is 0 Å². The van der Waals surface area contributed by atoms with Gasteiger partial charge in [0, 0.05) is 36.9 Å². The molecule has 2 heterocycles. The lowest BCUT2D eigenvalue weighted by Crippen LogP contribution is -2.50. The molecule has 3 aromatic carbocycles. The highest BCUT2D eigenvalue weighted by atomic mass is 35.5. The summed E-state index contributed by atoms with van der Waals surface area (Å²) >= 11 is 6.16. The summed E-state index contributed by atoms with van der Waals surface area (Å²) in [5.41, 5.74) is 4.37. The van der Waals surface area contributed by atoms with Crippen LogP contribution < -0.4 is 4.90 Å². The Bertz CT molecular complexity index is 1360. The predicted octanol–water partition coefficient (Wildman–Crippen LogP) is 4.96. The van der Waals surface area contributed by atoms with Crippen LogP contribution >= 0.6 is 11.6 Å². The summed E-state index contributed by atoms with van der Waals surface area (Å²) in [4.78, 5) is 34.0. The number of esters is 1. The van der Waals surface area contributed by atoms with Crippen molar-refractivity contribution in [3.63, 3.8) is 0 Å². The van der Waals surface area contributed by atoms with Gasteiger partial charge in [-0.15, -0.1) is 0 Å². The van der Waals surface area contributed by atoms with E-state index in [1.54, 1.807) is 29.2 Å². The molecule has 0 radical (unpaired) electrons. The number of ether oxygens (including phenoxy) is 1. The number of aryl methyl sites for hydroxylation is 1. The lowest BCUT2D eigenvalue weighted by Gasteiger charge is -2.36. The highest BCUT2D eigenvalue weighted by Crippen LogP contribution is 2.28. The van der Waals surface area contributed by atoms with Gasteiger partial charge in [-0.25, -0.2) is 9.78 Å². The van der Waals surface area contributed by atoms with Gasteiger partial charge in [0.15, 0.2) is 12.2 Å². The zero-order chi connectivity index (χ0) is 24.4. The van der Waals surface area contributed by atoms with E-state index in [-0.39, 0.29) is 12.5 Å². The third-order valence-corrected chi connectivity index (χ3v) is 6.38. The molecule has 1 saturated heterocycles. The van der Waals surface area contributed by atoms with Gasteiger partial charge in [-0.1, -0.05) is 41.9 Å². The van der Waals surface area contributed by atoms with Crippen LogP contribution in [-0.4, -0.2) is 54.5 Å². The average Bonchev–Trinajstić information content (AvgIpc) is 3.33. The maximum atomic E-state index is 12.9. The lowest BCUT2D eigenvalue weighted by atomic mass is 10.1. The summed E-state index contributed by atoms with van der Waals surface area (Å²) in [5.74, 6) is -0.484. The molecular weight excluding hydrogens is 466 g/mol. The van der Waals surface area contributed by atoms with Crippen molar-refractivity contribution in [1.82, 2.24) is 9.88 Å². The minimum Gasteiger partial charge on any atom is -0.452 e. The number of para-hydroxylation sites is 2. The maximum absolute atomic E-state index is 12.9. The molecule has 1 aliphatic heterocycles. The number of anilines is 1. The first-order valence-corrected chi connectivity index (χ1v) is 11.8. The number of carbonyl (C=O) groups is 2. The molecule has 0 atom stereocenters. The Morgan fingerprint density at radius 3 is 2.54 bits per heavy atom. The number of hydrogen-bond donors (Lipinski definition) is 0. The minimum atomic E-state index is -0.593. The number of carbonyl (C=O) groups excluding carboxylic acids is 2. The van der Waals surface area contributed by atoms with Crippen molar-refractivity contribution in [2.75, 3.05) is 37.7 Å². The van der Waals surface area contributed by atoms with E-state index in [1.807, 2.05) is 49.4 Å². The second kappa shape index (κ2) is 9.80. The van der Waals surface area contributed by atoms with E-state index in [2.05, 4.69) is 9.88 Å². The summed E-state index contributed by atoms with van der Waals surface area (Å²) in [6.07, 6.45) is 0. The second-order valence-electron chi connectivity index (χ2n) is 8.41. The van der Waals surface area contributed by atoms with E-state index >= 15 is 0 Å². The average molecular weight is 490 g/mol. The van der Waals surface area contributed by atoms with Crippen LogP contribution in [0.4, 0.5) is 5.69 Å². The molecule has 0 unspecified atom stereocenters. The topological polar surface area (TPSA) is 75.9 Å². The normalized spacial score (nSPS) is 13.8. The smallest absolute Gasteiger partial charge is 0.339 e. The standard InChI is InChI=1S/C27H24ClN3O4/c1-18-10-11-19(28)16-23(18)30-12-14-31(15-13-30)25(32)17-34-27(33)21-7-3-2-6-20(21)26-29-22-8-4-5-9-24(22)35-26/h2-11,16H,12-15,17H2,1H3. The molecular formula is C27H24ClN3O4. The van der Waals surface area contributed by atoms with Crippen molar-refractivity contribution in [3.8, 4) is 11.5 Å². The number of oxazole rings is 1. The van der Waals surface area contributed by atoms with Crippen LogP contribution in [0.3, 0.4) is 0 Å². The fourth-order valence-corrected chi connectivity index (χ4v) is 4.42. The van der Waals surface area contributed by atoms with Crippen molar-refractivity contribution < 1.29 is 18.7 Å². The summed E-state index contributed by atoms with van der Waals surface area (Å²) in [6, 6.07) is 20.1. The monoisotopic (exact) mass is 489 g/mol. The molecule has 7 nitrogen and oxygen atoms in total. The van der Waals surface area contributed by atoms with Gasteiger partial charge in [0.1, 0.15) is 5.52 Å². The summed E-state index contributed by atoms with van der Waals surface area (Å²) in [5, 5.41) is 0.689. The maximum Gasteiger partial charge on any atom is 0.339 e. The van der Waals surface area contributed by atoms with E-state index in [1.165, 1.54) is 0 Å². The Morgan fingerprint density at radius 1 is 1.00 bits per heavy atom. The number of fused-ring (bicyclic) bond motifs is 1. The van der Waals surface area contributed by atoms with Gasteiger partial charge >= 0.3 is 5.97 Å². The number of amides is 1. The molecule has 1 aliphatic rings. The fraction of sp³-hybridized carbons (Fsp3) is 0.222. The van der Waals surface area contributed by atoms with Crippen LogP contribution in [0.1, 0.15) is 15.9 Å². The van der Waals surface area contributed by atoms with Crippen molar-refractivity contribution >= 4 is 40.3 Å². The Balaban J connectivity index is 1.21. The summed E-state index contributed by atoms with van der Waals surface area (Å²) in [6.45, 7) is 4.17. The number of nitrogens with zero attached hydrogens (tertiary/aromatic N) is 3. The third kappa shape index (κ3) is 4.86. The third-order valence-electron chi connectivity index (χ3n) is 6.14. The Hall–Kier alpha value is -3.84.